The molecule has 0 radical (unpaired) electrons. The van der Waals surface area contributed by atoms with Crippen LogP contribution in [0.15, 0.2) is 36.5 Å². The van der Waals surface area contributed by atoms with E-state index in [4.69, 9.17) is 46.4 Å². The maximum atomic E-state index is 11.3. The molecule has 0 aliphatic heterocycles. The van der Waals surface area contributed by atoms with Gasteiger partial charge in [-0.1, -0.05) is 53.0 Å². The van der Waals surface area contributed by atoms with Gasteiger partial charge in [0, 0.05) is 0 Å². The van der Waals surface area contributed by atoms with Crippen molar-refractivity contribution in [1.82, 2.24) is 9.78 Å². The highest BCUT2D eigenvalue weighted by atomic mass is 35.6. The van der Waals surface area contributed by atoms with Gasteiger partial charge >= 0.3 is 0 Å². The molecule has 0 saturated carbocycles. The summed E-state index contributed by atoms with van der Waals surface area (Å²) in [4.78, 5) is 11.3. The maximum Gasteiger partial charge on any atom is 0.256 e. The zero-order valence-corrected chi connectivity index (χ0v) is 11.8. The Hall–Kier alpha value is -0.740. The quantitative estimate of drug-likeness (QED) is 0.616. The van der Waals surface area contributed by atoms with Gasteiger partial charge in [0.25, 0.3) is 5.24 Å². The molecule has 0 unspecified atom stereocenters. The van der Waals surface area contributed by atoms with Crippen LogP contribution in [-0.2, 0) is 3.79 Å². The molecule has 0 aliphatic carbocycles. The molecule has 0 atom stereocenters. The summed E-state index contributed by atoms with van der Waals surface area (Å²) in [6.07, 6.45) is 1.28. The Morgan fingerprint density at radius 1 is 1.17 bits per heavy atom. The van der Waals surface area contributed by atoms with Gasteiger partial charge in [-0.15, -0.1) is 0 Å². The third kappa shape index (κ3) is 2.64. The first-order valence-corrected chi connectivity index (χ1v) is 6.33. The first kappa shape index (κ1) is 13.7. The third-order valence-corrected chi connectivity index (χ3v) is 2.99. The minimum atomic E-state index is -1.80. The summed E-state index contributed by atoms with van der Waals surface area (Å²) in [6, 6.07) is 9.00. The molecular formula is C11H6Cl4N2O. The number of para-hydroxylation sites is 1. The van der Waals surface area contributed by atoms with Gasteiger partial charge in [0.1, 0.15) is 5.69 Å². The van der Waals surface area contributed by atoms with Crippen molar-refractivity contribution in [2.45, 2.75) is 3.79 Å². The summed E-state index contributed by atoms with van der Waals surface area (Å²) >= 11 is 23.0. The van der Waals surface area contributed by atoms with Gasteiger partial charge < -0.3 is 0 Å². The van der Waals surface area contributed by atoms with Crippen LogP contribution in [0.5, 0.6) is 0 Å². The number of alkyl halides is 3. The maximum absolute atomic E-state index is 11.3. The molecule has 0 amide bonds. The topological polar surface area (TPSA) is 34.9 Å². The average molecular weight is 324 g/mol. The highest BCUT2D eigenvalue weighted by molar-refractivity contribution is 6.70. The largest absolute Gasteiger partial charge is 0.275 e. The van der Waals surface area contributed by atoms with Gasteiger partial charge in [-0.05, 0) is 23.7 Å². The van der Waals surface area contributed by atoms with Crippen molar-refractivity contribution in [1.29, 1.82) is 0 Å². The van der Waals surface area contributed by atoms with Crippen LogP contribution in [0.2, 0.25) is 0 Å². The molecule has 0 aliphatic rings. The van der Waals surface area contributed by atoms with E-state index in [9.17, 15) is 4.79 Å². The second-order valence-corrected chi connectivity index (χ2v) is 6.05. The lowest BCUT2D eigenvalue weighted by molar-refractivity contribution is 0.108. The predicted octanol–water partition coefficient (Wildman–Crippen LogP) is 4.08. The Labute approximate surface area is 123 Å². The van der Waals surface area contributed by atoms with E-state index in [0.29, 0.717) is 5.69 Å². The molecule has 2 rings (SSSR count). The van der Waals surface area contributed by atoms with Crippen molar-refractivity contribution >= 4 is 51.6 Å². The van der Waals surface area contributed by atoms with Gasteiger partial charge in [-0.2, -0.15) is 5.10 Å². The van der Waals surface area contributed by atoms with Crippen molar-refractivity contribution in [3.8, 4) is 5.69 Å². The van der Waals surface area contributed by atoms with Gasteiger partial charge in [-0.25, -0.2) is 4.68 Å². The van der Waals surface area contributed by atoms with Crippen molar-refractivity contribution in [2.24, 2.45) is 0 Å². The first-order valence-electron chi connectivity index (χ1n) is 4.81. The van der Waals surface area contributed by atoms with E-state index in [1.165, 1.54) is 10.9 Å². The first-order chi connectivity index (χ1) is 8.41. The molecule has 1 aromatic carbocycles. The van der Waals surface area contributed by atoms with Crippen LogP contribution in [-0.4, -0.2) is 15.0 Å². The molecule has 1 heterocycles. The standard InChI is InChI=1S/C11H6Cl4N2O/c12-10(18)8-6-16-17(9(8)11(13,14)15)7-4-2-1-3-5-7/h1-6H. The molecular weight excluding hydrogens is 318 g/mol. The number of aromatic nitrogens is 2. The summed E-state index contributed by atoms with van der Waals surface area (Å²) in [5.41, 5.74) is 0.863. The molecule has 7 heteroatoms. The van der Waals surface area contributed by atoms with E-state index < -0.39 is 9.03 Å². The molecule has 18 heavy (non-hydrogen) atoms. The van der Waals surface area contributed by atoms with Gasteiger partial charge in [-0.3, -0.25) is 4.79 Å². The molecule has 94 valence electrons. The number of carbonyl (C=O) groups excluding carboxylic acids is 1. The van der Waals surface area contributed by atoms with Crippen LogP contribution < -0.4 is 0 Å². The Morgan fingerprint density at radius 2 is 1.78 bits per heavy atom. The normalized spacial score (nSPS) is 11.6. The number of carbonyl (C=O) groups is 1. The second kappa shape index (κ2) is 5.10. The lowest BCUT2D eigenvalue weighted by Gasteiger charge is -2.15. The zero-order chi connectivity index (χ0) is 13.3. The fourth-order valence-electron chi connectivity index (χ4n) is 1.53. The fraction of sp³-hybridized carbons (Fsp3) is 0.0909. The van der Waals surface area contributed by atoms with Crippen LogP contribution >= 0.6 is 46.4 Å². The van der Waals surface area contributed by atoms with Gasteiger partial charge in [0.15, 0.2) is 0 Å². The Kier molecular flexibility index (Phi) is 3.87. The fourth-order valence-corrected chi connectivity index (χ4v) is 2.21. The summed E-state index contributed by atoms with van der Waals surface area (Å²) in [7, 11) is 0. The number of hydrogen-bond acceptors (Lipinski definition) is 2. The molecule has 0 fully saturated rings. The average Bonchev–Trinajstić information content (AvgIpc) is 2.74. The zero-order valence-electron chi connectivity index (χ0n) is 8.78. The van der Waals surface area contributed by atoms with Crippen LogP contribution in [0.25, 0.3) is 5.69 Å². The number of rotatable bonds is 2. The molecule has 1 aromatic heterocycles. The van der Waals surface area contributed by atoms with E-state index in [0.717, 1.165) is 0 Å². The molecule has 0 bridgehead atoms. The smallest absolute Gasteiger partial charge is 0.256 e. The number of hydrogen-bond donors (Lipinski definition) is 0. The van der Waals surface area contributed by atoms with Crippen molar-refractivity contribution in [2.75, 3.05) is 0 Å². The molecule has 0 N–H and O–H groups in total. The number of halogens is 4. The number of nitrogens with zero attached hydrogens (tertiary/aromatic N) is 2. The minimum Gasteiger partial charge on any atom is -0.275 e. The van der Waals surface area contributed by atoms with E-state index in [-0.39, 0.29) is 11.3 Å². The summed E-state index contributed by atoms with van der Waals surface area (Å²) in [6.45, 7) is 0. The van der Waals surface area contributed by atoms with Crippen LogP contribution in [0, 0.1) is 0 Å². The van der Waals surface area contributed by atoms with Crippen LogP contribution in [0.1, 0.15) is 16.1 Å². The highest BCUT2D eigenvalue weighted by Crippen LogP contribution is 2.41. The SMILES string of the molecule is O=C(Cl)c1cnn(-c2ccccc2)c1C(Cl)(Cl)Cl. The lowest BCUT2D eigenvalue weighted by atomic mass is 10.2. The Morgan fingerprint density at radius 3 is 2.28 bits per heavy atom. The summed E-state index contributed by atoms with van der Waals surface area (Å²) in [5, 5.41) is 3.31. The molecule has 0 saturated heterocycles. The summed E-state index contributed by atoms with van der Waals surface area (Å²) < 4.78 is -0.422. The Bertz CT molecular complexity index is 574. The Balaban J connectivity index is 2.67. The highest BCUT2D eigenvalue weighted by Gasteiger charge is 2.33. The molecule has 3 nitrogen and oxygen atoms in total. The lowest BCUT2D eigenvalue weighted by Crippen LogP contribution is -2.13. The van der Waals surface area contributed by atoms with Crippen molar-refractivity contribution in [3.63, 3.8) is 0 Å². The number of benzene rings is 1. The minimum absolute atomic E-state index is 0.0699. The van der Waals surface area contributed by atoms with E-state index >= 15 is 0 Å². The van der Waals surface area contributed by atoms with Gasteiger partial charge in [0.05, 0.1) is 17.4 Å². The second-order valence-electron chi connectivity index (χ2n) is 3.43. The van der Waals surface area contributed by atoms with Crippen molar-refractivity contribution < 1.29 is 4.79 Å². The predicted molar refractivity (Wildman–Crippen MR) is 73.0 cm³/mol. The third-order valence-electron chi connectivity index (χ3n) is 2.25. The van der Waals surface area contributed by atoms with Crippen LogP contribution in [0.4, 0.5) is 0 Å². The molecule has 2 aromatic rings. The van der Waals surface area contributed by atoms with E-state index in [1.807, 2.05) is 6.07 Å². The van der Waals surface area contributed by atoms with Gasteiger partial charge in [0.2, 0.25) is 3.79 Å². The van der Waals surface area contributed by atoms with Crippen LogP contribution in [0.3, 0.4) is 0 Å². The molecule has 0 spiro atoms. The van der Waals surface area contributed by atoms with E-state index in [2.05, 4.69) is 5.10 Å². The monoisotopic (exact) mass is 322 g/mol. The van der Waals surface area contributed by atoms with Crippen molar-refractivity contribution in [3.05, 3.63) is 47.8 Å². The van der Waals surface area contributed by atoms with E-state index in [1.54, 1.807) is 24.3 Å². The summed E-state index contributed by atoms with van der Waals surface area (Å²) in [5.74, 6) is 0.